The maximum atomic E-state index is 12.2. The van der Waals surface area contributed by atoms with E-state index in [-0.39, 0.29) is 11.8 Å². The van der Waals surface area contributed by atoms with Crippen LogP contribution in [0.3, 0.4) is 0 Å². The minimum absolute atomic E-state index is 0.0841. The molecule has 108 valence electrons. The average molecular weight is 295 g/mol. The van der Waals surface area contributed by atoms with E-state index in [9.17, 15) is 13.2 Å². The van der Waals surface area contributed by atoms with Crippen molar-refractivity contribution in [2.75, 3.05) is 18.8 Å². The van der Waals surface area contributed by atoms with E-state index in [0.29, 0.717) is 32.4 Å². The monoisotopic (exact) mass is 295 g/mol. The molecule has 0 aromatic carbocycles. The SMILES string of the molecule is O=C=NC1CCN(S(=O)(=O)CCc2ccncc2)CC1. The van der Waals surface area contributed by atoms with E-state index < -0.39 is 10.0 Å². The number of sulfonamides is 1. The third-order valence-corrected chi connectivity index (χ3v) is 5.32. The molecule has 0 saturated carbocycles. The minimum Gasteiger partial charge on any atom is -0.265 e. The summed E-state index contributed by atoms with van der Waals surface area (Å²) in [6.45, 7) is 0.850. The molecule has 7 heteroatoms. The van der Waals surface area contributed by atoms with Gasteiger partial charge in [-0.2, -0.15) is 0 Å². The summed E-state index contributed by atoms with van der Waals surface area (Å²) in [5.74, 6) is 0.0959. The number of aliphatic imine (C=N–C) groups is 1. The van der Waals surface area contributed by atoms with E-state index in [0.717, 1.165) is 5.56 Å². The van der Waals surface area contributed by atoms with Gasteiger partial charge in [0.25, 0.3) is 0 Å². The molecule has 0 bridgehead atoms. The van der Waals surface area contributed by atoms with Gasteiger partial charge in [-0.05, 0) is 37.0 Å². The van der Waals surface area contributed by atoms with Crippen molar-refractivity contribution in [3.05, 3.63) is 30.1 Å². The summed E-state index contributed by atoms with van der Waals surface area (Å²) in [4.78, 5) is 17.7. The summed E-state index contributed by atoms with van der Waals surface area (Å²) in [6.07, 6.45) is 6.51. The molecule has 0 radical (unpaired) electrons. The fourth-order valence-electron chi connectivity index (χ4n) is 2.25. The van der Waals surface area contributed by atoms with Crippen molar-refractivity contribution in [2.45, 2.75) is 25.3 Å². The highest BCUT2D eigenvalue weighted by Gasteiger charge is 2.27. The molecule has 1 aromatic heterocycles. The Morgan fingerprint density at radius 1 is 1.30 bits per heavy atom. The molecular weight excluding hydrogens is 278 g/mol. The van der Waals surface area contributed by atoms with Crippen LogP contribution in [0.2, 0.25) is 0 Å². The molecule has 0 spiro atoms. The van der Waals surface area contributed by atoms with Gasteiger partial charge in [-0.1, -0.05) is 0 Å². The first kappa shape index (κ1) is 14.8. The third kappa shape index (κ3) is 3.96. The quantitative estimate of drug-likeness (QED) is 0.593. The molecule has 0 aliphatic carbocycles. The Morgan fingerprint density at radius 2 is 1.95 bits per heavy atom. The zero-order chi connectivity index (χ0) is 14.4. The van der Waals surface area contributed by atoms with Crippen LogP contribution in [0.15, 0.2) is 29.5 Å². The van der Waals surface area contributed by atoms with E-state index in [1.807, 2.05) is 12.1 Å². The largest absolute Gasteiger partial charge is 0.265 e. The molecule has 0 amide bonds. The average Bonchev–Trinajstić information content (AvgIpc) is 2.47. The van der Waals surface area contributed by atoms with Gasteiger partial charge in [-0.15, -0.1) is 0 Å². The lowest BCUT2D eigenvalue weighted by Gasteiger charge is -2.28. The lowest BCUT2D eigenvalue weighted by Crippen LogP contribution is -2.41. The predicted molar refractivity (Wildman–Crippen MR) is 74.4 cm³/mol. The number of nitrogens with zero attached hydrogens (tertiary/aromatic N) is 3. The van der Waals surface area contributed by atoms with Gasteiger partial charge >= 0.3 is 0 Å². The normalized spacial score (nSPS) is 17.6. The predicted octanol–water partition coefficient (Wildman–Crippen LogP) is 0.754. The summed E-state index contributed by atoms with van der Waals surface area (Å²) >= 11 is 0. The molecule has 0 unspecified atom stereocenters. The molecule has 20 heavy (non-hydrogen) atoms. The van der Waals surface area contributed by atoms with Gasteiger partial charge in [-0.3, -0.25) is 4.98 Å². The lowest BCUT2D eigenvalue weighted by molar-refractivity contribution is 0.320. The molecule has 1 fully saturated rings. The highest BCUT2D eigenvalue weighted by molar-refractivity contribution is 7.89. The first-order valence-corrected chi connectivity index (χ1v) is 8.16. The van der Waals surface area contributed by atoms with Gasteiger partial charge in [-0.25, -0.2) is 22.5 Å². The van der Waals surface area contributed by atoms with Crippen LogP contribution in [0.5, 0.6) is 0 Å². The van der Waals surface area contributed by atoms with Crippen molar-refractivity contribution < 1.29 is 13.2 Å². The topological polar surface area (TPSA) is 79.7 Å². The van der Waals surface area contributed by atoms with Crippen molar-refractivity contribution in [1.29, 1.82) is 0 Å². The zero-order valence-electron chi connectivity index (χ0n) is 11.1. The molecule has 0 N–H and O–H groups in total. The second-order valence-electron chi connectivity index (χ2n) is 4.77. The molecule has 1 saturated heterocycles. The van der Waals surface area contributed by atoms with Gasteiger partial charge < -0.3 is 0 Å². The molecule has 6 nitrogen and oxygen atoms in total. The van der Waals surface area contributed by atoms with Crippen LogP contribution in [0.25, 0.3) is 0 Å². The van der Waals surface area contributed by atoms with E-state index >= 15 is 0 Å². The third-order valence-electron chi connectivity index (χ3n) is 3.45. The fraction of sp³-hybridized carbons (Fsp3) is 0.538. The number of hydrogen-bond donors (Lipinski definition) is 0. The van der Waals surface area contributed by atoms with Crippen LogP contribution in [-0.2, 0) is 21.2 Å². The number of piperidine rings is 1. The fourth-order valence-corrected chi connectivity index (χ4v) is 3.77. The molecule has 0 atom stereocenters. The van der Waals surface area contributed by atoms with Crippen LogP contribution in [-0.4, -0.2) is 48.7 Å². The highest BCUT2D eigenvalue weighted by atomic mass is 32.2. The van der Waals surface area contributed by atoms with Crippen molar-refractivity contribution in [3.63, 3.8) is 0 Å². The van der Waals surface area contributed by atoms with E-state index in [1.54, 1.807) is 12.4 Å². The van der Waals surface area contributed by atoms with Crippen LogP contribution < -0.4 is 0 Å². The Labute approximate surface area is 118 Å². The first-order valence-electron chi connectivity index (χ1n) is 6.55. The van der Waals surface area contributed by atoms with E-state index in [1.165, 1.54) is 10.4 Å². The van der Waals surface area contributed by atoms with Crippen molar-refractivity contribution in [3.8, 4) is 0 Å². The van der Waals surface area contributed by atoms with Crippen molar-refractivity contribution in [2.24, 2.45) is 4.99 Å². The van der Waals surface area contributed by atoms with Crippen molar-refractivity contribution >= 4 is 16.1 Å². The number of rotatable bonds is 5. The number of aryl methyl sites for hydroxylation is 1. The maximum absolute atomic E-state index is 12.2. The number of aromatic nitrogens is 1. The van der Waals surface area contributed by atoms with Crippen LogP contribution in [0.4, 0.5) is 0 Å². The summed E-state index contributed by atoms with van der Waals surface area (Å²) in [5, 5.41) is 0. The Balaban J connectivity index is 1.90. The lowest BCUT2D eigenvalue weighted by atomic mass is 10.1. The van der Waals surface area contributed by atoms with Gasteiger partial charge in [0.2, 0.25) is 16.1 Å². The summed E-state index contributed by atoms with van der Waals surface area (Å²) in [6, 6.07) is 3.56. The van der Waals surface area contributed by atoms with Gasteiger partial charge in [0.1, 0.15) is 0 Å². The second kappa shape index (κ2) is 6.74. The van der Waals surface area contributed by atoms with E-state index in [4.69, 9.17) is 0 Å². The Kier molecular flexibility index (Phi) is 5.00. The second-order valence-corrected chi connectivity index (χ2v) is 6.86. The summed E-state index contributed by atoms with van der Waals surface area (Å²) in [5.41, 5.74) is 0.962. The summed E-state index contributed by atoms with van der Waals surface area (Å²) in [7, 11) is -3.25. The Bertz CT molecular complexity index is 574. The molecule has 1 aliphatic heterocycles. The van der Waals surface area contributed by atoms with Crippen molar-refractivity contribution in [1.82, 2.24) is 9.29 Å². The molecule has 1 aliphatic rings. The molecule has 2 rings (SSSR count). The minimum atomic E-state index is -3.25. The molecule has 2 heterocycles. The molecular formula is C13H17N3O3S. The van der Waals surface area contributed by atoms with Crippen LogP contribution >= 0.6 is 0 Å². The number of isocyanates is 1. The summed E-state index contributed by atoms with van der Waals surface area (Å²) < 4.78 is 25.9. The van der Waals surface area contributed by atoms with Crippen LogP contribution in [0, 0.1) is 0 Å². The number of hydrogen-bond acceptors (Lipinski definition) is 5. The smallest absolute Gasteiger partial charge is 0.235 e. The van der Waals surface area contributed by atoms with E-state index in [2.05, 4.69) is 9.98 Å². The first-order chi connectivity index (χ1) is 9.62. The number of carbonyl (C=O) groups excluding carboxylic acids is 1. The highest BCUT2D eigenvalue weighted by Crippen LogP contribution is 2.17. The maximum Gasteiger partial charge on any atom is 0.235 e. The van der Waals surface area contributed by atoms with Gasteiger partial charge in [0.05, 0.1) is 11.8 Å². The van der Waals surface area contributed by atoms with Crippen LogP contribution in [0.1, 0.15) is 18.4 Å². The number of pyridine rings is 1. The molecule has 1 aromatic rings. The standard InChI is InChI=1S/C13H17N3O3S/c17-11-15-13-3-8-16(9-4-13)20(18,19)10-5-12-1-6-14-7-2-12/h1-2,6-7,13H,3-5,8-10H2. The Morgan fingerprint density at radius 3 is 2.55 bits per heavy atom. The van der Waals surface area contributed by atoms with Gasteiger partial charge in [0.15, 0.2) is 0 Å². The zero-order valence-corrected chi connectivity index (χ0v) is 11.9. The Hall–Kier alpha value is -1.56. The van der Waals surface area contributed by atoms with Gasteiger partial charge in [0, 0.05) is 25.5 Å².